The Morgan fingerprint density at radius 3 is 2.79 bits per heavy atom. The molecule has 39 heavy (non-hydrogen) atoms. The third-order valence-electron chi connectivity index (χ3n) is 7.13. The Bertz CT molecular complexity index is 1610. The number of nitrogens with one attached hydrogen (secondary N) is 1. The van der Waals surface area contributed by atoms with Crippen LogP contribution in [-0.4, -0.2) is 42.8 Å². The Kier molecular flexibility index (Phi) is 7.04. The van der Waals surface area contributed by atoms with E-state index in [4.69, 9.17) is 9.15 Å². The Balaban J connectivity index is 1.49. The van der Waals surface area contributed by atoms with Crippen molar-refractivity contribution in [2.75, 3.05) is 6.61 Å². The molecule has 0 saturated carbocycles. The number of benzene rings is 2. The van der Waals surface area contributed by atoms with Gasteiger partial charge in [-0.1, -0.05) is 24.3 Å². The lowest BCUT2D eigenvalue weighted by Gasteiger charge is -2.30. The molecule has 6 rings (SSSR count). The van der Waals surface area contributed by atoms with Gasteiger partial charge in [0, 0.05) is 24.2 Å². The maximum atomic E-state index is 13.7. The molecular formula is C29H29FN6O3. The van der Waals surface area contributed by atoms with Crippen LogP contribution in [0, 0.1) is 12.7 Å². The van der Waals surface area contributed by atoms with Crippen molar-refractivity contribution in [1.29, 1.82) is 0 Å². The maximum Gasteiger partial charge on any atom is 0.253 e. The van der Waals surface area contributed by atoms with E-state index in [0.717, 1.165) is 34.9 Å². The molecule has 0 aliphatic carbocycles. The SMILES string of the molecule is Cc1ccc2cc([C@H](c3nnnn3C[C@H]3CCCO3)N(Cc3ccc(F)cc3)Cc3ccco3)c(=O)[nH]c2c1. The van der Waals surface area contributed by atoms with E-state index in [-0.39, 0.29) is 17.5 Å². The summed E-state index contributed by atoms with van der Waals surface area (Å²) in [5.74, 6) is 0.930. The lowest BCUT2D eigenvalue weighted by Crippen LogP contribution is -2.35. The van der Waals surface area contributed by atoms with E-state index < -0.39 is 6.04 Å². The highest BCUT2D eigenvalue weighted by Crippen LogP contribution is 2.31. The summed E-state index contributed by atoms with van der Waals surface area (Å²) in [6, 6.07) is 17.3. The normalized spacial score (nSPS) is 16.3. The summed E-state index contributed by atoms with van der Waals surface area (Å²) in [6.45, 7) is 3.94. The second-order valence-corrected chi connectivity index (χ2v) is 10.0. The van der Waals surface area contributed by atoms with Gasteiger partial charge in [0.15, 0.2) is 5.82 Å². The number of furan rings is 1. The predicted molar refractivity (Wildman–Crippen MR) is 142 cm³/mol. The van der Waals surface area contributed by atoms with E-state index in [1.165, 1.54) is 12.1 Å². The molecule has 0 amide bonds. The van der Waals surface area contributed by atoms with Gasteiger partial charge in [-0.2, -0.15) is 0 Å². The van der Waals surface area contributed by atoms with Crippen LogP contribution in [0.5, 0.6) is 0 Å². The van der Waals surface area contributed by atoms with Gasteiger partial charge in [0.1, 0.15) is 17.6 Å². The average Bonchev–Trinajstić information content (AvgIpc) is 3.71. The molecule has 2 atom stereocenters. The highest BCUT2D eigenvalue weighted by Gasteiger charge is 2.32. The minimum absolute atomic E-state index is 0.00128. The summed E-state index contributed by atoms with van der Waals surface area (Å²) in [6.07, 6.45) is 3.53. The zero-order chi connectivity index (χ0) is 26.8. The third-order valence-corrected chi connectivity index (χ3v) is 7.13. The van der Waals surface area contributed by atoms with E-state index in [1.54, 1.807) is 23.1 Å². The highest BCUT2D eigenvalue weighted by atomic mass is 19.1. The molecule has 200 valence electrons. The van der Waals surface area contributed by atoms with Gasteiger partial charge in [0.05, 0.1) is 25.5 Å². The molecule has 3 aromatic heterocycles. The molecule has 0 radical (unpaired) electrons. The molecular weight excluding hydrogens is 499 g/mol. The van der Waals surface area contributed by atoms with Gasteiger partial charge in [0.2, 0.25) is 0 Å². The number of ether oxygens (including phenoxy) is 1. The predicted octanol–water partition coefficient (Wildman–Crippen LogP) is 4.53. The van der Waals surface area contributed by atoms with Crippen LogP contribution in [0.4, 0.5) is 4.39 Å². The number of H-pyrrole nitrogens is 1. The fraction of sp³-hybridized carbons (Fsp3) is 0.310. The number of pyridine rings is 1. The summed E-state index contributed by atoms with van der Waals surface area (Å²) in [7, 11) is 0. The fourth-order valence-corrected chi connectivity index (χ4v) is 5.22. The molecule has 10 heteroatoms. The van der Waals surface area contributed by atoms with E-state index >= 15 is 0 Å². The van der Waals surface area contributed by atoms with E-state index in [2.05, 4.69) is 25.4 Å². The summed E-state index contributed by atoms with van der Waals surface area (Å²) in [5.41, 5.74) is 2.96. The number of rotatable bonds is 9. The number of nitrogens with zero attached hydrogens (tertiary/aromatic N) is 5. The van der Waals surface area contributed by atoms with Crippen LogP contribution in [0.25, 0.3) is 10.9 Å². The first-order chi connectivity index (χ1) is 19.0. The van der Waals surface area contributed by atoms with Crippen molar-refractivity contribution in [3.63, 3.8) is 0 Å². The van der Waals surface area contributed by atoms with Crippen molar-refractivity contribution in [3.05, 3.63) is 111 Å². The first-order valence-corrected chi connectivity index (χ1v) is 13.1. The fourth-order valence-electron chi connectivity index (χ4n) is 5.22. The van der Waals surface area contributed by atoms with Gasteiger partial charge < -0.3 is 14.1 Å². The van der Waals surface area contributed by atoms with Crippen LogP contribution < -0.4 is 5.56 Å². The number of fused-ring (bicyclic) bond motifs is 1. The van der Waals surface area contributed by atoms with Crippen LogP contribution >= 0.6 is 0 Å². The third kappa shape index (κ3) is 5.52. The molecule has 0 spiro atoms. The molecule has 4 heterocycles. The zero-order valence-corrected chi connectivity index (χ0v) is 21.6. The second kappa shape index (κ2) is 10.9. The van der Waals surface area contributed by atoms with Crippen LogP contribution in [0.2, 0.25) is 0 Å². The Hall–Kier alpha value is -4.15. The molecule has 0 bridgehead atoms. The smallest absolute Gasteiger partial charge is 0.253 e. The summed E-state index contributed by atoms with van der Waals surface area (Å²) in [4.78, 5) is 18.8. The Labute approximate surface area is 224 Å². The van der Waals surface area contributed by atoms with E-state index in [9.17, 15) is 9.18 Å². The van der Waals surface area contributed by atoms with Gasteiger partial charge in [-0.25, -0.2) is 9.07 Å². The molecule has 1 aliphatic heterocycles. The van der Waals surface area contributed by atoms with Gasteiger partial charge in [-0.05, 0) is 83.1 Å². The molecule has 0 unspecified atom stereocenters. The Morgan fingerprint density at radius 2 is 2.03 bits per heavy atom. The van der Waals surface area contributed by atoms with Crippen molar-refractivity contribution in [2.45, 2.75) is 51.5 Å². The number of aromatic amines is 1. The lowest BCUT2D eigenvalue weighted by atomic mass is 10.0. The summed E-state index contributed by atoms with van der Waals surface area (Å²) >= 11 is 0. The molecule has 5 aromatic rings. The number of aryl methyl sites for hydroxylation is 1. The highest BCUT2D eigenvalue weighted by molar-refractivity contribution is 5.79. The van der Waals surface area contributed by atoms with Gasteiger partial charge in [0.25, 0.3) is 5.56 Å². The van der Waals surface area contributed by atoms with Crippen LogP contribution in [0.1, 0.15) is 47.2 Å². The lowest BCUT2D eigenvalue weighted by molar-refractivity contribution is 0.0901. The largest absolute Gasteiger partial charge is 0.468 e. The monoisotopic (exact) mass is 528 g/mol. The minimum Gasteiger partial charge on any atom is -0.468 e. The number of hydrogen-bond acceptors (Lipinski definition) is 7. The summed E-state index contributed by atoms with van der Waals surface area (Å²) in [5, 5.41) is 13.6. The number of hydrogen-bond donors (Lipinski definition) is 1. The minimum atomic E-state index is -0.633. The molecule has 9 nitrogen and oxygen atoms in total. The standard InChI is InChI=1S/C29H29FN6O3/c1-19-6-9-21-15-25(29(37)31-26(21)14-19)27(28-32-33-34-36(28)18-24-5-3-13-39-24)35(17-23-4-2-12-38-23)16-20-7-10-22(30)11-8-20/h2,4,6-12,14-15,24,27H,3,5,13,16-18H2,1H3,(H,31,37)/t24-,27-/m1/s1. The second-order valence-electron chi connectivity index (χ2n) is 10.0. The van der Waals surface area contributed by atoms with Gasteiger partial charge in [-0.3, -0.25) is 9.69 Å². The first-order valence-electron chi connectivity index (χ1n) is 13.1. The molecule has 1 aliphatic rings. The van der Waals surface area contributed by atoms with Crippen molar-refractivity contribution in [1.82, 2.24) is 30.1 Å². The van der Waals surface area contributed by atoms with E-state index in [0.29, 0.717) is 43.4 Å². The average molecular weight is 529 g/mol. The summed E-state index contributed by atoms with van der Waals surface area (Å²) < 4.78 is 27.0. The molecule has 1 N–H and O–H groups in total. The maximum absolute atomic E-state index is 13.7. The van der Waals surface area contributed by atoms with Gasteiger partial charge >= 0.3 is 0 Å². The molecule has 2 aromatic carbocycles. The quantitative estimate of drug-likeness (QED) is 0.300. The van der Waals surface area contributed by atoms with Crippen molar-refractivity contribution in [3.8, 4) is 0 Å². The van der Waals surface area contributed by atoms with Crippen molar-refractivity contribution < 1.29 is 13.5 Å². The topological polar surface area (TPSA) is 102 Å². The number of aromatic nitrogens is 5. The van der Waals surface area contributed by atoms with Crippen LogP contribution in [0.3, 0.4) is 0 Å². The van der Waals surface area contributed by atoms with Crippen LogP contribution in [-0.2, 0) is 24.4 Å². The molecule has 1 fully saturated rings. The Morgan fingerprint density at radius 1 is 1.15 bits per heavy atom. The van der Waals surface area contributed by atoms with Crippen LogP contribution in [0.15, 0.2) is 76.1 Å². The van der Waals surface area contributed by atoms with Crippen molar-refractivity contribution >= 4 is 10.9 Å². The molecule has 1 saturated heterocycles. The van der Waals surface area contributed by atoms with E-state index in [1.807, 2.05) is 43.3 Å². The number of tetrazole rings is 1. The first kappa shape index (κ1) is 25.1. The zero-order valence-electron chi connectivity index (χ0n) is 21.6. The van der Waals surface area contributed by atoms with Crippen molar-refractivity contribution in [2.24, 2.45) is 0 Å². The number of halogens is 1. The van der Waals surface area contributed by atoms with Gasteiger partial charge in [-0.15, -0.1) is 5.10 Å².